The Balaban J connectivity index is 1.90. The fraction of sp³-hybridized carbons (Fsp3) is 0.417. The van der Waals surface area contributed by atoms with Gasteiger partial charge >= 0.3 is 0 Å². The smallest absolute Gasteiger partial charge is 0.267 e. The molecule has 0 saturated heterocycles. The molecule has 2 heterocycles. The van der Waals surface area contributed by atoms with Crippen molar-refractivity contribution in [3.8, 4) is 5.69 Å². The SMILES string of the molecule is C=C(C)CSc1nc2sc3c(c2c(=O)n1-c1ccccc1)CCC(C(C)(C)C)C3. The van der Waals surface area contributed by atoms with Crippen LogP contribution in [-0.2, 0) is 12.8 Å². The fourth-order valence-corrected chi connectivity index (χ4v) is 6.23. The Morgan fingerprint density at radius 1 is 1.31 bits per heavy atom. The minimum Gasteiger partial charge on any atom is -0.268 e. The number of thiophene rings is 1. The molecule has 0 bridgehead atoms. The Bertz CT molecular complexity index is 1120. The molecular weight excluding hydrogens is 396 g/mol. The zero-order valence-corrected chi connectivity index (χ0v) is 19.3. The summed E-state index contributed by atoms with van der Waals surface area (Å²) in [7, 11) is 0. The van der Waals surface area contributed by atoms with E-state index in [-0.39, 0.29) is 11.0 Å². The van der Waals surface area contributed by atoms with Crippen molar-refractivity contribution in [1.29, 1.82) is 0 Å². The van der Waals surface area contributed by atoms with Crippen LogP contribution in [0.5, 0.6) is 0 Å². The third-order valence-electron chi connectivity index (χ3n) is 5.74. The van der Waals surface area contributed by atoms with Crippen molar-refractivity contribution in [1.82, 2.24) is 9.55 Å². The lowest BCUT2D eigenvalue weighted by Crippen LogP contribution is -2.27. The first kappa shape index (κ1) is 20.4. The van der Waals surface area contributed by atoms with Crippen molar-refractivity contribution >= 4 is 33.3 Å². The lowest BCUT2D eigenvalue weighted by atomic mass is 9.72. The van der Waals surface area contributed by atoms with Gasteiger partial charge in [-0.2, -0.15) is 0 Å². The molecule has 1 aliphatic carbocycles. The summed E-state index contributed by atoms with van der Waals surface area (Å²) >= 11 is 3.31. The number of para-hydroxylation sites is 1. The summed E-state index contributed by atoms with van der Waals surface area (Å²) < 4.78 is 1.79. The molecule has 0 amide bonds. The van der Waals surface area contributed by atoms with Crippen molar-refractivity contribution in [2.75, 3.05) is 5.75 Å². The number of aromatic nitrogens is 2. The van der Waals surface area contributed by atoms with Crippen LogP contribution in [0.25, 0.3) is 15.9 Å². The minimum absolute atomic E-state index is 0.0668. The Labute approximate surface area is 180 Å². The molecule has 0 aliphatic heterocycles. The predicted molar refractivity (Wildman–Crippen MR) is 126 cm³/mol. The maximum absolute atomic E-state index is 13.7. The first-order valence-electron chi connectivity index (χ1n) is 10.2. The summed E-state index contributed by atoms with van der Waals surface area (Å²) in [5, 5.41) is 1.59. The average molecular weight is 425 g/mol. The lowest BCUT2D eigenvalue weighted by Gasteiger charge is -2.33. The zero-order valence-electron chi connectivity index (χ0n) is 17.6. The average Bonchev–Trinajstić information content (AvgIpc) is 3.04. The summed E-state index contributed by atoms with van der Waals surface area (Å²) in [5.41, 5.74) is 3.54. The molecular formula is C24H28N2OS2. The largest absolute Gasteiger partial charge is 0.268 e. The number of hydrogen-bond acceptors (Lipinski definition) is 4. The maximum atomic E-state index is 13.7. The number of thioether (sulfide) groups is 1. The van der Waals surface area contributed by atoms with E-state index >= 15 is 0 Å². The van der Waals surface area contributed by atoms with Crippen LogP contribution in [-0.4, -0.2) is 15.3 Å². The molecule has 4 rings (SSSR count). The van der Waals surface area contributed by atoms with Crippen LogP contribution >= 0.6 is 23.1 Å². The molecule has 1 atom stereocenters. The fourth-order valence-electron chi connectivity index (χ4n) is 4.03. The highest BCUT2D eigenvalue weighted by Crippen LogP contribution is 2.42. The summed E-state index contributed by atoms with van der Waals surface area (Å²) in [6.45, 7) is 13.0. The van der Waals surface area contributed by atoms with E-state index in [1.165, 1.54) is 10.4 Å². The summed E-state index contributed by atoms with van der Waals surface area (Å²) in [6, 6.07) is 9.87. The monoisotopic (exact) mass is 424 g/mol. The van der Waals surface area contributed by atoms with Gasteiger partial charge in [0.05, 0.1) is 11.1 Å². The molecule has 1 aromatic carbocycles. The van der Waals surface area contributed by atoms with E-state index in [2.05, 4.69) is 27.4 Å². The van der Waals surface area contributed by atoms with Crippen molar-refractivity contribution in [2.24, 2.45) is 11.3 Å². The highest BCUT2D eigenvalue weighted by atomic mass is 32.2. The summed E-state index contributed by atoms with van der Waals surface area (Å²) in [5.74, 6) is 1.40. The highest BCUT2D eigenvalue weighted by Gasteiger charge is 2.32. The van der Waals surface area contributed by atoms with E-state index in [1.54, 1.807) is 27.7 Å². The van der Waals surface area contributed by atoms with Crippen LogP contribution in [0, 0.1) is 11.3 Å². The van der Waals surface area contributed by atoms with E-state index < -0.39 is 0 Å². The molecule has 0 fully saturated rings. The Kier molecular flexibility index (Phi) is 5.47. The quantitative estimate of drug-likeness (QED) is 0.281. The second-order valence-electron chi connectivity index (χ2n) is 9.11. The van der Waals surface area contributed by atoms with Gasteiger partial charge in [0.1, 0.15) is 4.83 Å². The van der Waals surface area contributed by atoms with Crippen LogP contribution in [0.4, 0.5) is 0 Å². The molecule has 152 valence electrons. The van der Waals surface area contributed by atoms with E-state index in [4.69, 9.17) is 4.98 Å². The van der Waals surface area contributed by atoms with E-state index in [0.29, 0.717) is 5.92 Å². The number of aryl methyl sites for hydroxylation is 1. The van der Waals surface area contributed by atoms with Gasteiger partial charge in [0.25, 0.3) is 5.56 Å². The summed E-state index contributed by atoms with van der Waals surface area (Å²) in [6.07, 6.45) is 3.17. The van der Waals surface area contributed by atoms with Gasteiger partial charge in [-0.05, 0) is 55.2 Å². The molecule has 5 heteroatoms. The van der Waals surface area contributed by atoms with Gasteiger partial charge < -0.3 is 0 Å². The Morgan fingerprint density at radius 3 is 2.69 bits per heavy atom. The molecule has 1 aliphatic rings. The third-order valence-corrected chi connectivity index (χ3v) is 8.06. The molecule has 29 heavy (non-hydrogen) atoms. The second kappa shape index (κ2) is 7.77. The number of nitrogens with zero attached hydrogens (tertiary/aromatic N) is 2. The number of benzene rings is 1. The van der Waals surface area contributed by atoms with Crippen LogP contribution < -0.4 is 5.56 Å². The van der Waals surface area contributed by atoms with Gasteiger partial charge in [-0.3, -0.25) is 9.36 Å². The van der Waals surface area contributed by atoms with Crippen molar-refractivity contribution < 1.29 is 0 Å². The molecule has 0 N–H and O–H groups in total. The van der Waals surface area contributed by atoms with Crippen LogP contribution in [0.3, 0.4) is 0 Å². The van der Waals surface area contributed by atoms with Gasteiger partial charge in [0, 0.05) is 10.6 Å². The minimum atomic E-state index is 0.0668. The number of fused-ring (bicyclic) bond motifs is 3. The van der Waals surface area contributed by atoms with Crippen LogP contribution in [0.15, 0.2) is 52.4 Å². The van der Waals surface area contributed by atoms with E-state index in [0.717, 1.165) is 51.6 Å². The number of hydrogen-bond donors (Lipinski definition) is 0. The topological polar surface area (TPSA) is 34.9 Å². The van der Waals surface area contributed by atoms with Gasteiger partial charge in [0.15, 0.2) is 5.16 Å². The van der Waals surface area contributed by atoms with E-state index in [9.17, 15) is 4.79 Å². The molecule has 0 saturated carbocycles. The van der Waals surface area contributed by atoms with Crippen LogP contribution in [0.1, 0.15) is 44.6 Å². The van der Waals surface area contributed by atoms with E-state index in [1.807, 2.05) is 37.3 Å². The molecule has 3 aromatic rings. The normalized spacial score (nSPS) is 16.8. The molecule has 1 unspecified atom stereocenters. The lowest BCUT2D eigenvalue weighted by molar-refractivity contribution is 0.218. The number of rotatable bonds is 4. The second-order valence-corrected chi connectivity index (χ2v) is 11.1. The standard InChI is InChI=1S/C24H28N2OS2/c1-15(2)14-28-23-25-21-20(22(27)26(23)17-9-7-6-8-10-17)18-12-11-16(24(3,4)5)13-19(18)29-21/h6-10,16H,1,11-14H2,2-5H3. The van der Waals surface area contributed by atoms with Crippen molar-refractivity contribution in [3.05, 3.63) is 63.3 Å². The zero-order chi connectivity index (χ0) is 20.8. The van der Waals surface area contributed by atoms with Gasteiger partial charge in [0.2, 0.25) is 0 Å². The summed E-state index contributed by atoms with van der Waals surface area (Å²) in [4.78, 5) is 20.9. The Hall–Kier alpha value is -1.85. The first-order chi connectivity index (χ1) is 13.8. The van der Waals surface area contributed by atoms with Gasteiger partial charge in [-0.1, -0.05) is 62.9 Å². The highest BCUT2D eigenvalue weighted by molar-refractivity contribution is 7.99. The van der Waals surface area contributed by atoms with Crippen LogP contribution in [0.2, 0.25) is 0 Å². The van der Waals surface area contributed by atoms with Gasteiger partial charge in [-0.25, -0.2) is 4.98 Å². The Morgan fingerprint density at radius 2 is 2.03 bits per heavy atom. The van der Waals surface area contributed by atoms with Crippen molar-refractivity contribution in [3.63, 3.8) is 0 Å². The predicted octanol–water partition coefficient (Wildman–Crippen LogP) is 6.27. The molecule has 0 radical (unpaired) electrons. The molecule has 2 aromatic heterocycles. The third kappa shape index (κ3) is 3.95. The maximum Gasteiger partial charge on any atom is 0.267 e. The van der Waals surface area contributed by atoms with Gasteiger partial charge in [-0.15, -0.1) is 11.3 Å². The first-order valence-corrected chi connectivity index (χ1v) is 12.0. The molecule has 3 nitrogen and oxygen atoms in total. The van der Waals surface area contributed by atoms with Crippen molar-refractivity contribution in [2.45, 2.75) is 52.1 Å². The molecule has 0 spiro atoms.